The number of hydrogen-bond donors (Lipinski definition) is 1. The summed E-state index contributed by atoms with van der Waals surface area (Å²) in [5.41, 5.74) is 2.12. The zero-order valence-corrected chi connectivity index (χ0v) is 16.7. The van der Waals surface area contributed by atoms with Crippen molar-refractivity contribution in [2.75, 3.05) is 16.2 Å². The smallest absolute Gasteiger partial charge is 0.265 e. The first-order chi connectivity index (χ1) is 13.4. The standard InChI is InChI=1S/C20H14Cl2N2O3S/c21-13-4-3-5-15(10-13)23-20(25)12-24-18-9-8-14(22)11-17(18)16-6-1-2-7-19(16)28(24,26)27/h1-11H,12H2,(H,23,25). The molecule has 0 atom stereocenters. The van der Waals surface area contributed by atoms with E-state index in [-0.39, 0.29) is 11.4 Å². The summed E-state index contributed by atoms with van der Waals surface area (Å²) < 4.78 is 27.5. The van der Waals surface area contributed by atoms with Crippen molar-refractivity contribution in [1.29, 1.82) is 0 Å². The van der Waals surface area contributed by atoms with Crippen molar-refractivity contribution in [3.8, 4) is 11.1 Å². The summed E-state index contributed by atoms with van der Waals surface area (Å²) in [5, 5.41) is 3.63. The number of hydrogen-bond acceptors (Lipinski definition) is 3. The van der Waals surface area contributed by atoms with Gasteiger partial charge >= 0.3 is 0 Å². The van der Waals surface area contributed by atoms with Crippen LogP contribution < -0.4 is 9.62 Å². The Bertz CT molecular complexity index is 1200. The third-order valence-electron chi connectivity index (χ3n) is 4.37. The lowest BCUT2D eigenvalue weighted by molar-refractivity contribution is -0.114. The quantitative estimate of drug-likeness (QED) is 0.645. The van der Waals surface area contributed by atoms with Crippen LogP contribution in [0.5, 0.6) is 0 Å². The van der Waals surface area contributed by atoms with E-state index in [9.17, 15) is 13.2 Å². The number of fused-ring (bicyclic) bond motifs is 3. The van der Waals surface area contributed by atoms with Crippen LogP contribution in [0.1, 0.15) is 0 Å². The van der Waals surface area contributed by atoms with Gasteiger partial charge in [-0.1, -0.05) is 47.5 Å². The Hall–Kier alpha value is -2.54. The topological polar surface area (TPSA) is 66.5 Å². The van der Waals surface area contributed by atoms with Crippen molar-refractivity contribution in [2.45, 2.75) is 4.90 Å². The van der Waals surface area contributed by atoms with E-state index in [4.69, 9.17) is 23.2 Å². The molecule has 3 aromatic carbocycles. The molecule has 1 amide bonds. The number of halogens is 2. The van der Waals surface area contributed by atoms with E-state index in [1.54, 1.807) is 60.7 Å². The number of nitrogens with zero attached hydrogens (tertiary/aromatic N) is 1. The van der Waals surface area contributed by atoms with Crippen molar-refractivity contribution < 1.29 is 13.2 Å². The average Bonchev–Trinajstić information content (AvgIpc) is 2.65. The summed E-state index contributed by atoms with van der Waals surface area (Å²) in [6, 6.07) is 18.2. The Morgan fingerprint density at radius 1 is 0.893 bits per heavy atom. The minimum Gasteiger partial charge on any atom is -0.324 e. The van der Waals surface area contributed by atoms with Gasteiger partial charge in [0.25, 0.3) is 10.0 Å². The normalized spacial score (nSPS) is 14.1. The first-order valence-corrected chi connectivity index (χ1v) is 10.5. The second kappa shape index (κ2) is 7.13. The molecule has 0 spiro atoms. The lowest BCUT2D eigenvalue weighted by Crippen LogP contribution is -2.40. The maximum atomic E-state index is 13.2. The minimum absolute atomic E-state index is 0.139. The molecule has 3 aromatic rings. The van der Waals surface area contributed by atoms with E-state index >= 15 is 0 Å². The molecule has 1 aliphatic heterocycles. The summed E-state index contributed by atoms with van der Waals surface area (Å²) in [6.45, 7) is -0.377. The minimum atomic E-state index is -3.90. The fraction of sp³-hybridized carbons (Fsp3) is 0.0500. The van der Waals surface area contributed by atoms with E-state index in [0.29, 0.717) is 32.5 Å². The van der Waals surface area contributed by atoms with Gasteiger partial charge in [-0.3, -0.25) is 9.10 Å². The molecule has 0 radical (unpaired) electrons. The van der Waals surface area contributed by atoms with Gasteiger partial charge in [0, 0.05) is 26.9 Å². The highest BCUT2D eigenvalue weighted by atomic mass is 35.5. The molecule has 8 heteroatoms. The summed E-state index contributed by atoms with van der Waals surface area (Å²) in [5.74, 6) is -0.480. The van der Waals surface area contributed by atoms with Gasteiger partial charge in [-0.25, -0.2) is 8.42 Å². The summed E-state index contributed by atoms with van der Waals surface area (Å²) >= 11 is 12.1. The van der Waals surface area contributed by atoms with Crippen molar-refractivity contribution in [3.05, 3.63) is 76.8 Å². The highest BCUT2D eigenvalue weighted by Gasteiger charge is 2.35. The molecular weight excluding hydrogens is 419 g/mol. The zero-order chi connectivity index (χ0) is 19.9. The Morgan fingerprint density at radius 2 is 1.64 bits per heavy atom. The maximum Gasteiger partial charge on any atom is 0.265 e. The third-order valence-corrected chi connectivity index (χ3v) is 6.66. The van der Waals surface area contributed by atoms with Crippen LogP contribution in [0.2, 0.25) is 10.0 Å². The number of anilines is 2. The molecule has 1 heterocycles. The van der Waals surface area contributed by atoms with Gasteiger partial charge in [0.15, 0.2) is 0 Å². The lowest BCUT2D eigenvalue weighted by atomic mass is 10.0. The van der Waals surface area contributed by atoms with Gasteiger partial charge < -0.3 is 5.32 Å². The molecule has 142 valence electrons. The molecule has 0 aliphatic carbocycles. The van der Waals surface area contributed by atoms with E-state index in [1.807, 2.05) is 0 Å². The Morgan fingerprint density at radius 3 is 2.43 bits per heavy atom. The van der Waals surface area contributed by atoms with E-state index < -0.39 is 15.9 Å². The largest absolute Gasteiger partial charge is 0.324 e. The highest BCUT2D eigenvalue weighted by Crippen LogP contribution is 2.43. The molecule has 1 N–H and O–H groups in total. The first-order valence-electron chi connectivity index (χ1n) is 8.33. The van der Waals surface area contributed by atoms with Crippen molar-refractivity contribution in [3.63, 3.8) is 0 Å². The van der Waals surface area contributed by atoms with Crippen molar-refractivity contribution in [2.24, 2.45) is 0 Å². The Balaban J connectivity index is 1.74. The number of amides is 1. The molecule has 1 aliphatic rings. The van der Waals surface area contributed by atoms with E-state index in [2.05, 4.69) is 5.32 Å². The van der Waals surface area contributed by atoms with Gasteiger partial charge in [0.1, 0.15) is 6.54 Å². The fourth-order valence-corrected chi connectivity index (χ4v) is 5.18. The average molecular weight is 433 g/mol. The van der Waals surface area contributed by atoms with Crippen LogP contribution in [0.15, 0.2) is 71.6 Å². The van der Waals surface area contributed by atoms with E-state index in [0.717, 1.165) is 4.31 Å². The van der Waals surface area contributed by atoms with Crippen LogP contribution in [0.25, 0.3) is 11.1 Å². The van der Waals surface area contributed by atoms with Crippen LogP contribution in [0, 0.1) is 0 Å². The molecule has 28 heavy (non-hydrogen) atoms. The Kier molecular flexibility index (Phi) is 4.79. The molecule has 5 nitrogen and oxygen atoms in total. The molecule has 4 rings (SSSR count). The number of rotatable bonds is 3. The molecule has 0 bridgehead atoms. The molecule has 0 saturated heterocycles. The molecular formula is C20H14Cl2N2O3S. The first kappa shape index (κ1) is 18.8. The highest BCUT2D eigenvalue weighted by molar-refractivity contribution is 7.93. The predicted octanol–water partition coefficient (Wildman–Crippen LogP) is 4.81. The zero-order valence-electron chi connectivity index (χ0n) is 14.4. The van der Waals surface area contributed by atoms with Gasteiger partial charge in [-0.2, -0.15) is 0 Å². The molecule has 0 fully saturated rings. The fourth-order valence-electron chi connectivity index (χ4n) is 3.17. The monoisotopic (exact) mass is 432 g/mol. The number of sulfonamides is 1. The SMILES string of the molecule is O=C(CN1c2ccc(Cl)cc2-c2ccccc2S1(=O)=O)Nc1cccc(Cl)c1. The number of benzene rings is 3. The second-order valence-corrected chi connectivity index (χ2v) is 8.93. The van der Waals surface area contributed by atoms with Gasteiger partial charge in [0.2, 0.25) is 5.91 Å². The lowest BCUT2D eigenvalue weighted by Gasteiger charge is -2.31. The van der Waals surface area contributed by atoms with Crippen LogP contribution in [0.4, 0.5) is 11.4 Å². The van der Waals surface area contributed by atoms with Crippen LogP contribution in [-0.2, 0) is 14.8 Å². The van der Waals surface area contributed by atoms with Crippen LogP contribution >= 0.6 is 23.2 Å². The Labute approximate surface area is 172 Å². The summed E-state index contributed by atoms with van der Waals surface area (Å²) in [4.78, 5) is 12.7. The number of nitrogens with one attached hydrogen (secondary N) is 1. The third kappa shape index (κ3) is 3.35. The summed E-state index contributed by atoms with van der Waals surface area (Å²) in [7, 11) is -3.90. The van der Waals surface area contributed by atoms with Crippen LogP contribution in [-0.4, -0.2) is 20.9 Å². The molecule has 0 aromatic heterocycles. The molecule has 0 saturated carbocycles. The maximum absolute atomic E-state index is 13.2. The summed E-state index contributed by atoms with van der Waals surface area (Å²) in [6.07, 6.45) is 0. The van der Waals surface area contributed by atoms with Gasteiger partial charge in [-0.05, 0) is 42.5 Å². The number of carbonyl (C=O) groups excluding carboxylic acids is 1. The molecule has 0 unspecified atom stereocenters. The predicted molar refractivity (Wildman–Crippen MR) is 112 cm³/mol. The van der Waals surface area contributed by atoms with Crippen LogP contribution in [0.3, 0.4) is 0 Å². The number of carbonyl (C=O) groups is 1. The van der Waals surface area contributed by atoms with Gasteiger partial charge in [-0.15, -0.1) is 0 Å². The second-order valence-electron chi connectivity index (χ2n) is 6.23. The van der Waals surface area contributed by atoms with Crippen molar-refractivity contribution in [1.82, 2.24) is 0 Å². The van der Waals surface area contributed by atoms with E-state index in [1.165, 1.54) is 6.07 Å². The van der Waals surface area contributed by atoms with Gasteiger partial charge in [0.05, 0.1) is 10.6 Å². The van der Waals surface area contributed by atoms with Crippen molar-refractivity contribution >= 4 is 50.5 Å².